The summed E-state index contributed by atoms with van der Waals surface area (Å²) in [6.45, 7) is 5.86. The Morgan fingerprint density at radius 2 is 1.63 bits per heavy atom. The molecule has 3 atom stereocenters. The summed E-state index contributed by atoms with van der Waals surface area (Å²) in [7, 11) is 2.02. The lowest BCUT2D eigenvalue weighted by Gasteiger charge is -2.38. The molecule has 4 aromatic rings. The highest BCUT2D eigenvalue weighted by Gasteiger charge is 2.35. The van der Waals surface area contributed by atoms with Crippen LogP contribution in [-0.2, 0) is 23.9 Å². The van der Waals surface area contributed by atoms with E-state index >= 15 is 0 Å². The average molecular weight is 691 g/mol. The fourth-order valence-electron chi connectivity index (χ4n) is 5.75. The Labute approximate surface area is 289 Å². The van der Waals surface area contributed by atoms with Crippen LogP contribution < -0.4 is 15.8 Å². The van der Waals surface area contributed by atoms with Crippen LogP contribution in [0, 0.1) is 5.92 Å². The first-order valence-electron chi connectivity index (χ1n) is 16.2. The second-order valence-corrected chi connectivity index (χ2v) is 13.7. The van der Waals surface area contributed by atoms with Crippen molar-refractivity contribution in [3.63, 3.8) is 0 Å². The minimum absolute atomic E-state index is 0.0888. The maximum atomic E-state index is 13.9. The number of nitrogens with two attached hydrogens (primary N) is 1. The molecule has 4 aromatic carbocycles. The standard InChI is InChI=1S/C38H41F3N4O3S/c1-25-22-45(26(2)21-42)37(47)32-10-7-11-33(43-35(46)20-27-12-16-29(17-13-27)38(39,40)41)36(32)48-34(25)24-44(3)23-28-14-18-31(19-15-28)49-30-8-5-4-6-9-30/h4-19,25-26,34H,20-24,42H2,1-3H3,(H,43,46)/t25-,26+,34-/m1/s1. The van der Waals surface area contributed by atoms with Crippen LogP contribution in [0.5, 0.6) is 5.75 Å². The summed E-state index contributed by atoms with van der Waals surface area (Å²) < 4.78 is 45.7. The van der Waals surface area contributed by atoms with E-state index in [2.05, 4.69) is 46.6 Å². The minimum Gasteiger partial charge on any atom is -0.486 e. The third-order valence-corrected chi connectivity index (χ3v) is 9.55. The SMILES string of the molecule is C[C@@H]1CN([C@@H](C)CN)C(=O)c2cccc(NC(=O)Cc3ccc(C(F)(F)F)cc3)c2O[C@@H]1CN(C)Cc1ccc(Sc2ccccc2)cc1. The van der Waals surface area contributed by atoms with E-state index in [1.54, 1.807) is 34.9 Å². The molecule has 0 fully saturated rings. The second kappa shape index (κ2) is 15.9. The van der Waals surface area contributed by atoms with Crippen LogP contribution in [0.25, 0.3) is 0 Å². The summed E-state index contributed by atoms with van der Waals surface area (Å²) in [6.07, 6.45) is -4.98. The van der Waals surface area contributed by atoms with Gasteiger partial charge in [-0.1, -0.05) is 67.2 Å². The smallest absolute Gasteiger partial charge is 0.416 e. The van der Waals surface area contributed by atoms with E-state index in [0.717, 1.165) is 22.6 Å². The number of amides is 2. The van der Waals surface area contributed by atoms with Crippen molar-refractivity contribution in [2.75, 3.05) is 32.0 Å². The van der Waals surface area contributed by atoms with Crippen molar-refractivity contribution in [2.24, 2.45) is 11.7 Å². The highest BCUT2D eigenvalue weighted by molar-refractivity contribution is 7.99. The molecule has 0 radical (unpaired) electrons. The first-order chi connectivity index (χ1) is 23.4. The Kier molecular flexibility index (Phi) is 11.7. The number of alkyl halides is 3. The number of rotatable bonds is 11. The van der Waals surface area contributed by atoms with E-state index in [1.807, 2.05) is 39.1 Å². The molecule has 0 aliphatic carbocycles. The number of hydrogen-bond donors (Lipinski definition) is 2. The molecule has 0 saturated carbocycles. The average Bonchev–Trinajstić information content (AvgIpc) is 3.07. The molecule has 3 N–H and O–H groups in total. The molecule has 0 bridgehead atoms. The van der Waals surface area contributed by atoms with Gasteiger partial charge < -0.3 is 20.7 Å². The second-order valence-electron chi connectivity index (χ2n) is 12.5. The lowest BCUT2D eigenvalue weighted by atomic mass is 9.98. The van der Waals surface area contributed by atoms with Gasteiger partial charge in [-0.2, -0.15) is 13.2 Å². The molecule has 1 aliphatic heterocycles. The number of ether oxygens (including phenoxy) is 1. The van der Waals surface area contributed by atoms with Crippen molar-refractivity contribution in [1.29, 1.82) is 0 Å². The number of nitrogens with one attached hydrogen (secondary N) is 1. The summed E-state index contributed by atoms with van der Waals surface area (Å²) in [6, 6.07) is 27.9. The maximum absolute atomic E-state index is 13.9. The number of fused-ring (bicyclic) bond motifs is 1. The number of hydrogen-bond acceptors (Lipinski definition) is 6. The highest BCUT2D eigenvalue weighted by Crippen LogP contribution is 2.35. The summed E-state index contributed by atoms with van der Waals surface area (Å²) in [4.78, 5) is 33.3. The molecule has 0 unspecified atom stereocenters. The number of likely N-dealkylation sites (N-methyl/N-ethyl adjacent to an activating group) is 1. The zero-order chi connectivity index (χ0) is 35.1. The lowest BCUT2D eigenvalue weighted by molar-refractivity contribution is -0.137. The van der Waals surface area contributed by atoms with E-state index in [0.29, 0.717) is 36.4 Å². The molecular formula is C38H41F3N4O3S. The Morgan fingerprint density at radius 3 is 2.29 bits per heavy atom. The van der Waals surface area contributed by atoms with E-state index in [9.17, 15) is 22.8 Å². The van der Waals surface area contributed by atoms with Crippen LogP contribution in [-0.4, -0.2) is 60.4 Å². The van der Waals surface area contributed by atoms with Crippen LogP contribution in [0.2, 0.25) is 0 Å². The minimum atomic E-state index is -4.46. The van der Waals surface area contributed by atoms with E-state index in [1.165, 1.54) is 17.0 Å². The van der Waals surface area contributed by atoms with Gasteiger partial charge in [0.2, 0.25) is 5.91 Å². The molecule has 49 heavy (non-hydrogen) atoms. The molecule has 0 saturated heterocycles. The summed E-state index contributed by atoms with van der Waals surface area (Å²) in [5.41, 5.74) is 7.42. The van der Waals surface area contributed by atoms with Crippen molar-refractivity contribution in [3.05, 3.63) is 119 Å². The Bertz CT molecular complexity index is 1720. The molecule has 0 spiro atoms. The summed E-state index contributed by atoms with van der Waals surface area (Å²) in [5, 5.41) is 2.84. The Morgan fingerprint density at radius 1 is 0.980 bits per heavy atom. The molecule has 2 amide bonds. The van der Waals surface area contributed by atoms with Crippen LogP contribution >= 0.6 is 11.8 Å². The molecular weight excluding hydrogens is 650 g/mol. The fourth-order valence-corrected chi connectivity index (χ4v) is 6.59. The number of carbonyl (C=O) groups excluding carboxylic acids is 2. The normalized spacial score (nSPS) is 17.1. The van der Waals surface area contributed by atoms with Crippen molar-refractivity contribution < 1.29 is 27.5 Å². The van der Waals surface area contributed by atoms with Crippen LogP contribution in [0.15, 0.2) is 107 Å². The van der Waals surface area contributed by atoms with Crippen molar-refractivity contribution >= 4 is 29.3 Å². The summed E-state index contributed by atoms with van der Waals surface area (Å²) >= 11 is 1.71. The molecule has 11 heteroatoms. The number of anilines is 1. The molecule has 7 nitrogen and oxygen atoms in total. The molecule has 1 heterocycles. The van der Waals surface area contributed by atoms with Gasteiger partial charge in [0.25, 0.3) is 5.91 Å². The number of benzene rings is 4. The molecule has 5 rings (SSSR count). The quantitative estimate of drug-likeness (QED) is 0.171. The molecule has 0 aromatic heterocycles. The van der Waals surface area contributed by atoms with Crippen molar-refractivity contribution in [3.8, 4) is 5.75 Å². The third kappa shape index (κ3) is 9.44. The highest BCUT2D eigenvalue weighted by atomic mass is 32.2. The van der Waals surface area contributed by atoms with E-state index in [-0.39, 0.29) is 42.7 Å². The molecule has 1 aliphatic rings. The van der Waals surface area contributed by atoms with Gasteiger partial charge in [-0.05, 0) is 73.6 Å². The van der Waals surface area contributed by atoms with Gasteiger partial charge in [-0.25, -0.2) is 0 Å². The molecule has 258 valence electrons. The predicted molar refractivity (Wildman–Crippen MR) is 187 cm³/mol. The fraction of sp³-hybridized carbons (Fsp3) is 0.316. The van der Waals surface area contributed by atoms with Crippen LogP contribution in [0.3, 0.4) is 0 Å². The van der Waals surface area contributed by atoms with Crippen LogP contribution in [0.1, 0.15) is 40.9 Å². The Balaban J connectivity index is 1.34. The van der Waals surface area contributed by atoms with Crippen LogP contribution in [0.4, 0.5) is 18.9 Å². The van der Waals surface area contributed by atoms with Gasteiger partial charge in [0.15, 0.2) is 5.75 Å². The van der Waals surface area contributed by atoms with Gasteiger partial charge >= 0.3 is 6.18 Å². The van der Waals surface area contributed by atoms with Crippen molar-refractivity contribution in [2.45, 2.75) is 54.9 Å². The number of nitrogens with zero attached hydrogens (tertiary/aromatic N) is 2. The number of carbonyl (C=O) groups is 2. The number of halogens is 3. The van der Waals surface area contributed by atoms with Gasteiger partial charge in [0, 0.05) is 47.9 Å². The maximum Gasteiger partial charge on any atom is 0.416 e. The van der Waals surface area contributed by atoms with Crippen molar-refractivity contribution in [1.82, 2.24) is 9.80 Å². The van der Waals surface area contributed by atoms with E-state index < -0.39 is 17.6 Å². The number of para-hydroxylation sites is 1. The van der Waals surface area contributed by atoms with Gasteiger partial charge in [0.05, 0.1) is 23.2 Å². The predicted octanol–water partition coefficient (Wildman–Crippen LogP) is 7.36. The Hall–Kier alpha value is -4.32. The van der Waals surface area contributed by atoms with Gasteiger partial charge in [-0.3, -0.25) is 14.5 Å². The topological polar surface area (TPSA) is 87.9 Å². The zero-order valence-electron chi connectivity index (χ0n) is 27.7. The summed E-state index contributed by atoms with van der Waals surface area (Å²) in [5.74, 6) is -0.531. The monoisotopic (exact) mass is 690 g/mol. The third-order valence-electron chi connectivity index (χ3n) is 8.53. The first kappa shape index (κ1) is 36.0. The largest absolute Gasteiger partial charge is 0.486 e. The van der Waals surface area contributed by atoms with Gasteiger partial charge in [0.1, 0.15) is 6.10 Å². The first-order valence-corrected chi connectivity index (χ1v) is 17.0. The zero-order valence-corrected chi connectivity index (χ0v) is 28.6. The van der Waals surface area contributed by atoms with E-state index in [4.69, 9.17) is 10.5 Å². The van der Waals surface area contributed by atoms with Gasteiger partial charge in [-0.15, -0.1) is 0 Å². The lowest BCUT2D eigenvalue weighted by Crippen LogP contribution is -2.50.